The van der Waals surface area contributed by atoms with E-state index in [1.807, 2.05) is 31.2 Å². The van der Waals surface area contributed by atoms with Crippen molar-refractivity contribution >= 4 is 21.4 Å². The number of carbonyl (C=O) groups excluding carboxylic acids is 1. The standard InChI is InChI=1S/C15H18N2O3S/c1-11-8-12-4-2-3-5-14(12)17(11)15(18)9-16-13-6-7-21(19,20)10-13/h2-7,11,13,16H,8-10H2,1H3/t11-,13+/m0/s1. The van der Waals surface area contributed by atoms with E-state index in [4.69, 9.17) is 0 Å². The van der Waals surface area contributed by atoms with Crippen molar-refractivity contribution in [2.24, 2.45) is 0 Å². The van der Waals surface area contributed by atoms with Crippen LogP contribution in [-0.2, 0) is 21.1 Å². The second kappa shape index (κ2) is 5.27. The van der Waals surface area contributed by atoms with Crippen LogP contribution in [0.1, 0.15) is 12.5 Å². The number of fused-ring (bicyclic) bond motifs is 1. The van der Waals surface area contributed by atoms with E-state index >= 15 is 0 Å². The molecule has 1 aromatic carbocycles. The Kier molecular flexibility index (Phi) is 3.59. The van der Waals surface area contributed by atoms with E-state index in [9.17, 15) is 13.2 Å². The van der Waals surface area contributed by atoms with E-state index < -0.39 is 9.84 Å². The van der Waals surface area contributed by atoms with Gasteiger partial charge in [-0.05, 0) is 25.0 Å². The Morgan fingerprint density at radius 1 is 1.38 bits per heavy atom. The van der Waals surface area contributed by atoms with E-state index in [0.29, 0.717) is 0 Å². The summed E-state index contributed by atoms with van der Waals surface area (Å²) in [6, 6.07) is 7.77. The molecule has 0 aliphatic carbocycles. The summed E-state index contributed by atoms with van der Waals surface area (Å²) < 4.78 is 22.7. The average Bonchev–Trinajstić information content (AvgIpc) is 2.94. The fourth-order valence-electron chi connectivity index (χ4n) is 2.95. The molecule has 0 aromatic heterocycles. The lowest BCUT2D eigenvalue weighted by Gasteiger charge is -2.23. The highest BCUT2D eigenvalue weighted by Gasteiger charge is 2.31. The van der Waals surface area contributed by atoms with Crippen LogP contribution < -0.4 is 10.2 Å². The molecule has 0 radical (unpaired) electrons. The van der Waals surface area contributed by atoms with Gasteiger partial charge in [0.25, 0.3) is 0 Å². The second-order valence-electron chi connectivity index (χ2n) is 5.59. The molecule has 3 rings (SSSR count). The van der Waals surface area contributed by atoms with Crippen molar-refractivity contribution in [3.05, 3.63) is 41.3 Å². The molecule has 0 saturated heterocycles. The third kappa shape index (κ3) is 2.87. The van der Waals surface area contributed by atoms with Gasteiger partial charge in [-0.2, -0.15) is 0 Å². The third-order valence-electron chi connectivity index (χ3n) is 3.92. The van der Waals surface area contributed by atoms with Crippen LogP contribution in [0.15, 0.2) is 35.7 Å². The summed E-state index contributed by atoms with van der Waals surface area (Å²) in [6.07, 6.45) is 2.46. The van der Waals surface area contributed by atoms with Gasteiger partial charge in [0.05, 0.1) is 12.3 Å². The molecular formula is C15H18N2O3S. The van der Waals surface area contributed by atoms with E-state index in [-0.39, 0.29) is 30.3 Å². The number of para-hydroxylation sites is 1. The van der Waals surface area contributed by atoms with Gasteiger partial charge in [-0.1, -0.05) is 24.3 Å². The minimum absolute atomic E-state index is 0.0230. The second-order valence-corrected chi connectivity index (χ2v) is 7.52. The van der Waals surface area contributed by atoms with Crippen molar-refractivity contribution in [1.82, 2.24) is 5.32 Å². The largest absolute Gasteiger partial charge is 0.308 e. The average molecular weight is 306 g/mol. The summed E-state index contributed by atoms with van der Waals surface area (Å²) in [6.45, 7) is 2.17. The van der Waals surface area contributed by atoms with Crippen molar-refractivity contribution in [3.8, 4) is 0 Å². The zero-order valence-corrected chi connectivity index (χ0v) is 12.6. The van der Waals surface area contributed by atoms with Gasteiger partial charge in [0.15, 0.2) is 9.84 Å². The van der Waals surface area contributed by atoms with E-state index in [1.165, 1.54) is 11.0 Å². The molecule has 1 aromatic rings. The molecular weight excluding hydrogens is 288 g/mol. The zero-order valence-electron chi connectivity index (χ0n) is 11.8. The first-order chi connectivity index (χ1) is 9.96. The Hall–Kier alpha value is -1.66. The first-order valence-electron chi connectivity index (χ1n) is 7.00. The number of rotatable bonds is 3. The number of anilines is 1. The number of hydrogen-bond acceptors (Lipinski definition) is 4. The quantitative estimate of drug-likeness (QED) is 0.899. The first-order valence-corrected chi connectivity index (χ1v) is 8.72. The van der Waals surface area contributed by atoms with Crippen molar-refractivity contribution in [2.45, 2.75) is 25.4 Å². The summed E-state index contributed by atoms with van der Waals surface area (Å²) in [4.78, 5) is 14.2. The number of sulfone groups is 1. The maximum atomic E-state index is 12.4. The van der Waals surface area contributed by atoms with Gasteiger partial charge in [0.1, 0.15) is 0 Å². The SMILES string of the molecule is C[C@H]1Cc2ccccc2N1C(=O)CN[C@@H]1C=CS(=O)(=O)C1. The van der Waals surface area contributed by atoms with Crippen molar-refractivity contribution in [3.63, 3.8) is 0 Å². The fraction of sp³-hybridized carbons (Fsp3) is 0.400. The minimum atomic E-state index is -3.09. The lowest BCUT2D eigenvalue weighted by Crippen LogP contribution is -2.44. The summed E-state index contributed by atoms with van der Waals surface area (Å²) in [5.41, 5.74) is 2.15. The number of carbonyl (C=O) groups is 1. The fourth-order valence-corrected chi connectivity index (χ4v) is 4.22. The minimum Gasteiger partial charge on any atom is -0.308 e. The Labute approximate surface area is 124 Å². The van der Waals surface area contributed by atoms with E-state index in [0.717, 1.165) is 12.1 Å². The van der Waals surface area contributed by atoms with Crippen LogP contribution in [-0.4, -0.2) is 38.7 Å². The smallest absolute Gasteiger partial charge is 0.241 e. The van der Waals surface area contributed by atoms with Gasteiger partial charge < -0.3 is 10.2 Å². The van der Waals surface area contributed by atoms with Gasteiger partial charge in [-0.25, -0.2) is 8.42 Å². The number of hydrogen-bond donors (Lipinski definition) is 1. The molecule has 1 amide bonds. The van der Waals surface area contributed by atoms with Crippen LogP contribution in [0.3, 0.4) is 0 Å². The highest BCUT2D eigenvalue weighted by molar-refractivity contribution is 7.94. The van der Waals surface area contributed by atoms with Gasteiger partial charge in [0.2, 0.25) is 5.91 Å². The Balaban J connectivity index is 1.65. The maximum absolute atomic E-state index is 12.4. The van der Waals surface area contributed by atoms with E-state index in [2.05, 4.69) is 5.32 Å². The van der Waals surface area contributed by atoms with Gasteiger partial charge in [0, 0.05) is 23.2 Å². The van der Waals surface area contributed by atoms with Crippen molar-refractivity contribution in [1.29, 1.82) is 0 Å². The maximum Gasteiger partial charge on any atom is 0.241 e. The molecule has 0 unspecified atom stereocenters. The molecule has 0 fully saturated rings. The predicted octanol–water partition coefficient (Wildman–Crippen LogP) is 0.865. The molecule has 1 N–H and O–H groups in total. The lowest BCUT2D eigenvalue weighted by molar-refractivity contribution is -0.118. The molecule has 2 atom stereocenters. The lowest BCUT2D eigenvalue weighted by atomic mass is 10.1. The van der Waals surface area contributed by atoms with Gasteiger partial charge >= 0.3 is 0 Å². The Morgan fingerprint density at radius 2 is 2.14 bits per heavy atom. The van der Waals surface area contributed by atoms with E-state index in [1.54, 1.807) is 11.0 Å². The number of nitrogens with one attached hydrogen (secondary N) is 1. The number of benzene rings is 1. The van der Waals surface area contributed by atoms with Crippen LogP contribution in [0.2, 0.25) is 0 Å². The number of amides is 1. The van der Waals surface area contributed by atoms with Gasteiger partial charge in [-0.15, -0.1) is 0 Å². The summed E-state index contributed by atoms with van der Waals surface area (Å²) in [5, 5.41) is 4.22. The summed E-state index contributed by atoms with van der Waals surface area (Å²) in [7, 11) is -3.09. The van der Waals surface area contributed by atoms with Crippen LogP contribution >= 0.6 is 0 Å². The zero-order chi connectivity index (χ0) is 15.0. The molecule has 2 aliphatic heterocycles. The normalized spacial score (nSPS) is 26.0. The molecule has 0 spiro atoms. The molecule has 2 heterocycles. The first kappa shape index (κ1) is 14.3. The molecule has 6 heteroatoms. The monoisotopic (exact) mass is 306 g/mol. The molecule has 2 aliphatic rings. The molecule has 5 nitrogen and oxygen atoms in total. The third-order valence-corrected chi connectivity index (χ3v) is 5.32. The van der Waals surface area contributed by atoms with Crippen LogP contribution in [0.5, 0.6) is 0 Å². The topological polar surface area (TPSA) is 66.5 Å². The van der Waals surface area contributed by atoms with Gasteiger partial charge in [-0.3, -0.25) is 4.79 Å². The van der Waals surface area contributed by atoms with Crippen LogP contribution in [0, 0.1) is 0 Å². The van der Waals surface area contributed by atoms with Crippen molar-refractivity contribution in [2.75, 3.05) is 17.2 Å². The Bertz CT molecular complexity index is 697. The summed E-state index contributed by atoms with van der Waals surface area (Å²) in [5.74, 6) is 0.0111. The predicted molar refractivity (Wildman–Crippen MR) is 81.8 cm³/mol. The molecule has 0 saturated carbocycles. The molecule has 112 valence electrons. The highest BCUT2D eigenvalue weighted by Crippen LogP contribution is 2.31. The highest BCUT2D eigenvalue weighted by atomic mass is 32.2. The molecule has 21 heavy (non-hydrogen) atoms. The number of nitrogens with zero attached hydrogens (tertiary/aromatic N) is 1. The van der Waals surface area contributed by atoms with Crippen LogP contribution in [0.25, 0.3) is 0 Å². The van der Waals surface area contributed by atoms with Crippen LogP contribution in [0.4, 0.5) is 5.69 Å². The van der Waals surface area contributed by atoms with Crippen molar-refractivity contribution < 1.29 is 13.2 Å². The summed E-state index contributed by atoms with van der Waals surface area (Å²) >= 11 is 0. The Morgan fingerprint density at radius 3 is 2.86 bits per heavy atom. The molecule has 0 bridgehead atoms.